The molecule has 2 heterocycles. The fraction of sp³-hybridized carbons (Fsp3) is 0.278. The molecule has 27 heavy (non-hydrogen) atoms. The Hall–Kier alpha value is -3.01. The normalized spacial score (nSPS) is 18.4. The third-order valence-electron chi connectivity index (χ3n) is 4.30. The van der Waals surface area contributed by atoms with E-state index in [2.05, 4.69) is 27.2 Å². The zero-order valence-corrected chi connectivity index (χ0v) is 15.3. The fourth-order valence-electron chi connectivity index (χ4n) is 2.81. The maximum absolute atomic E-state index is 5.85. The second kappa shape index (κ2) is 7.31. The van der Waals surface area contributed by atoms with Crippen molar-refractivity contribution >= 4 is 17.2 Å². The summed E-state index contributed by atoms with van der Waals surface area (Å²) in [6.07, 6.45) is 1.73. The summed E-state index contributed by atoms with van der Waals surface area (Å²) in [6, 6.07) is 9.34. The van der Waals surface area contributed by atoms with Crippen LogP contribution in [-0.2, 0) is 12.3 Å². The predicted molar refractivity (Wildman–Crippen MR) is 108 cm³/mol. The molecule has 0 fully saturated rings. The number of nitrogens with one attached hydrogen (secondary N) is 1. The highest BCUT2D eigenvalue weighted by Crippen LogP contribution is 2.20. The average Bonchev–Trinajstić information content (AvgIpc) is 3.18. The van der Waals surface area contributed by atoms with E-state index in [1.54, 1.807) is 16.8 Å². The Balaban J connectivity index is 1.97. The largest absolute Gasteiger partial charge is 0.399 e. The Bertz CT molecular complexity index is 885. The van der Waals surface area contributed by atoms with Gasteiger partial charge in [-0.05, 0) is 30.7 Å². The highest BCUT2D eigenvalue weighted by molar-refractivity contribution is 6.16. The van der Waals surface area contributed by atoms with E-state index in [1.165, 1.54) is 0 Å². The van der Waals surface area contributed by atoms with E-state index in [4.69, 9.17) is 22.9 Å². The van der Waals surface area contributed by atoms with Gasteiger partial charge in [-0.3, -0.25) is 32.3 Å². The summed E-state index contributed by atoms with van der Waals surface area (Å²) in [4.78, 5) is 4.43. The topological polar surface area (TPSA) is 159 Å². The SMILES string of the molecule is C=CCN=C1NN=C(c2cc(C(N)(N)N)nn2Cc2ccc(N)cc2)C1C. The molecule has 0 saturated heterocycles. The van der Waals surface area contributed by atoms with Crippen LogP contribution >= 0.6 is 0 Å². The highest BCUT2D eigenvalue weighted by atomic mass is 15.4. The van der Waals surface area contributed by atoms with Crippen LogP contribution in [0.1, 0.15) is 23.9 Å². The van der Waals surface area contributed by atoms with Crippen molar-refractivity contribution < 1.29 is 0 Å². The molecule has 9 N–H and O–H groups in total. The number of nitrogen functional groups attached to an aromatic ring is 1. The Kier molecular flexibility index (Phi) is 5.08. The van der Waals surface area contributed by atoms with Gasteiger partial charge < -0.3 is 5.73 Å². The fourth-order valence-corrected chi connectivity index (χ4v) is 2.81. The van der Waals surface area contributed by atoms with Crippen LogP contribution in [-0.4, -0.2) is 27.9 Å². The number of hydrazone groups is 1. The van der Waals surface area contributed by atoms with E-state index < -0.39 is 5.79 Å². The molecule has 0 amide bonds. The number of aromatic nitrogens is 2. The van der Waals surface area contributed by atoms with Crippen LogP contribution in [0, 0.1) is 5.92 Å². The standard InChI is InChI=1S/C18H25N9/c1-3-8-23-17-11(2)16(24-25-17)14-9-15(18(20,21)22)26-27(14)10-12-4-6-13(19)7-5-12/h3-7,9,11H,1,8,10,19-22H2,2H3,(H,23,25). The van der Waals surface area contributed by atoms with Crippen molar-refractivity contribution in [2.75, 3.05) is 12.3 Å². The van der Waals surface area contributed by atoms with Gasteiger partial charge in [0, 0.05) is 5.69 Å². The summed E-state index contributed by atoms with van der Waals surface area (Å²) >= 11 is 0. The molecule has 1 atom stereocenters. The molecule has 2 aromatic rings. The lowest BCUT2D eigenvalue weighted by Crippen LogP contribution is -2.54. The van der Waals surface area contributed by atoms with E-state index in [0.29, 0.717) is 24.5 Å². The maximum Gasteiger partial charge on any atom is 0.162 e. The first-order valence-electron chi connectivity index (χ1n) is 8.58. The molecule has 1 aromatic carbocycles. The van der Waals surface area contributed by atoms with E-state index >= 15 is 0 Å². The molecule has 9 nitrogen and oxygen atoms in total. The molecule has 1 unspecified atom stereocenters. The monoisotopic (exact) mass is 367 g/mol. The number of hydrogen-bond donors (Lipinski definition) is 5. The molecular formula is C18H25N9. The Morgan fingerprint density at radius 3 is 2.63 bits per heavy atom. The average molecular weight is 367 g/mol. The van der Waals surface area contributed by atoms with Gasteiger partial charge in [-0.1, -0.05) is 18.2 Å². The van der Waals surface area contributed by atoms with Crippen LogP contribution in [0.4, 0.5) is 5.69 Å². The zero-order chi connectivity index (χ0) is 19.6. The van der Waals surface area contributed by atoms with E-state index in [-0.39, 0.29) is 5.92 Å². The van der Waals surface area contributed by atoms with Crippen molar-refractivity contribution in [3.05, 3.63) is 59.9 Å². The summed E-state index contributed by atoms with van der Waals surface area (Å²) < 4.78 is 1.79. The lowest BCUT2D eigenvalue weighted by atomic mass is 10.0. The van der Waals surface area contributed by atoms with Gasteiger partial charge in [0.15, 0.2) is 5.79 Å². The van der Waals surface area contributed by atoms with Crippen molar-refractivity contribution in [1.82, 2.24) is 15.2 Å². The molecule has 3 rings (SSSR count). The molecule has 0 radical (unpaired) electrons. The number of nitrogens with two attached hydrogens (primary N) is 4. The Morgan fingerprint density at radius 2 is 2.00 bits per heavy atom. The number of benzene rings is 1. The summed E-state index contributed by atoms with van der Waals surface area (Å²) in [5, 5.41) is 8.94. The number of rotatable bonds is 6. The molecule has 1 aromatic heterocycles. The summed E-state index contributed by atoms with van der Waals surface area (Å²) in [5.41, 5.74) is 30.0. The van der Waals surface area contributed by atoms with E-state index in [1.807, 2.05) is 31.2 Å². The van der Waals surface area contributed by atoms with Crippen molar-refractivity contribution in [1.29, 1.82) is 0 Å². The minimum Gasteiger partial charge on any atom is -0.399 e. The van der Waals surface area contributed by atoms with Crippen LogP contribution in [0.5, 0.6) is 0 Å². The third-order valence-corrected chi connectivity index (χ3v) is 4.30. The van der Waals surface area contributed by atoms with E-state index in [0.717, 1.165) is 22.8 Å². The zero-order valence-electron chi connectivity index (χ0n) is 15.3. The van der Waals surface area contributed by atoms with Gasteiger partial charge in [0.2, 0.25) is 0 Å². The summed E-state index contributed by atoms with van der Waals surface area (Å²) in [7, 11) is 0. The highest BCUT2D eigenvalue weighted by Gasteiger charge is 2.30. The van der Waals surface area contributed by atoms with Crippen molar-refractivity contribution in [2.45, 2.75) is 19.3 Å². The van der Waals surface area contributed by atoms with Gasteiger partial charge in [0.1, 0.15) is 11.5 Å². The lowest BCUT2D eigenvalue weighted by Gasteiger charge is -2.14. The number of anilines is 1. The minimum absolute atomic E-state index is 0.0395. The van der Waals surface area contributed by atoms with Crippen LogP contribution in [0.2, 0.25) is 0 Å². The van der Waals surface area contributed by atoms with Gasteiger partial charge in [0.05, 0.1) is 30.4 Å². The second-order valence-electron chi connectivity index (χ2n) is 6.59. The molecule has 0 aliphatic carbocycles. The smallest absolute Gasteiger partial charge is 0.162 e. The molecule has 0 saturated carbocycles. The Labute approximate surface area is 157 Å². The summed E-state index contributed by atoms with van der Waals surface area (Å²) in [6.45, 7) is 6.71. The van der Waals surface area contributed by atoms with Crippen molar-refractivity contribution in [2.24, 2.45) is 33.2 Å². The third kappa shape index (κ3) is 4.05. The van der Waals surface area contributed by atoms with Crippen molar-refractivity contribution in [3.8, 4) is 0 Å². The number of hydrogen-bond acceptors (Lipinski definition) is 7. The first kappa shape index (κ1) is 18.8. The van der Waals surface area contributed by atoms with Gasteiger partial charge in [-0.15, -0.1) is 6.58 Å². The second-order valence-corrected chi connectivity index (χ2v) is 6.59. The molecule has 1 aliphatic heterocycles. The number of nitrogens with zero attached hydrogens (tertiary/aromatic N) is 4. The maximum atomic E-state index is 5.85. The van der Waals surface area contributed by atoms with E-state index in [9.17, 15) is 0 Å². The van der Waals surface area contributed by atoms with Gasteiger partial charge in [0.25, 0.3) is 0 Å². The van der Waals surface area contributed by atoms with Crippen LogP contribution in [0.25, 0.3) is 0 Å². The van der Waals surface area contributed by atoms with Gasteiger partial charge >= 0.3 is 0 Å². The van der Waals surface area contributed by atoms with Crippen molar-refractivity contribution in [3.63, 3.8) is 0 Å². The minimum atomic E-state index is -1.54. The van der Waals surface area contributed by atoms with Crippen LogP contribution in [0.15, 0.2) is 53.1 Å². The molecular weight excluding hydrogens is 342 g/mol. The quantitative estimate of drug-likeness (QED) is 0.275. The molecule has 1 aliphatic rings. The van der Waals surface area contributed by atoms with Crippen LogP contribution in [0.3, 0.4) is 0 Å². The van der Waals surface area contributed by atoms with Crippen LogP contribution < -0.4 is 28.4 Å². The first-order valence-corrected chi connectivity index (χ1v) is 8.58. The lowest BCUT2D eigenvalue weighted by molar-refractivity contribution is 0.461. The Morgan fingerprint density at radius 1 is 1.30 bits per heavy atom. The number of aliphatic imine (C=N–C) groups is 1. The van der Waals surface area contributed by atoms with Gasteiger partial charge in [-0.2, -0.15) is 10.2 Å². The van der Waals surface area contributed by atoms with Gasteiger partial charge in [-0.25, -0.2) is 0 Å². The molecule has 142 valence electrons. The molecule has 0 spiro atoms. The predicted octanol–water partition coefficient (Wildman–Crippen LogP) is 0.0279. The molecule has 0 bridgehead atoms. The number of amidine groups is 1. The molecule has 9 heteroatoms. The first-order chi connectivity index (χ1) is 12.8. The summed E-state index contributed by atoms with van der Waals surface area (Å²) in [5.74, 6) is -0.815.